The van der Waals surface area contributed by atoms with E-state index in [9.17, 15) is 0 Å². The minimum Gasteiger partial charge on any atom is -0.392 e. The molecular formula is C11H15ClO. The SMILES string of the molecule is Cc1c(CO)cccc1CCCCl. The molecule has 13 heavy (non-hydrogen) atoms. The molecule has 0 fully saturated rings. The third-order valence-corrected chi connectivity index (χ3v) is 2.58. The fraction of sp³-hybridized carbons (Fsp3) is 0.455. The average molecular weight is 199 g/mol. The summed E-state index contributed by atoms with van der Waals surface area (Å²) >= 11 is 5.63. The van der Waals surface area contributed by atoms with Gasteiger partial charge in [0, 0.05) is 5.88 Å². The van der Waals surface area contributed by atoms with E-state index in [1.54, 1.807) is 0 Å². The summed E-state index contributed by atoms with van der Waals surface area (Å²) in [6, 6.07) is 6.04. The fourth-order valence-electron chi connectivity index (χ4n) is 1.44. The minimum atomic E-state index is 0.126. The second-order valence-corrected chi connectivity index (χ2v) is 3.53. The van der Waals surface area contributed by atoms with Crippen LogP contribution in [0.25, 0.3) is 0 Å². The van der Waals surface area contributed by atoms with Crippen molar-refractivity contribution in [3.63, 3.8) is 0 Å². The molecule has 0 unspecified atom stereocenters. The van der Waals surface area contributed by atoms with Gasteiger partial charge in [-0.3, -0.25) is 0 Å². The molecular weight excluding hydrogens is 184 g/mol. The summed E-state index contributed by atoms with van der Waals surface area (Å²) in [5, 5.41) is 9.04. The highest BCUT2D eigenvalue weighted by Gasteiger charge is 2.01. The molecule has 0 saturated carbocycles. The molecule has 0 aliphatic carbocycles. The zero-order chi connectivity index (χ0) is 9.68. The van der Waals surface area contributed by atoms with Crippen LogP contribution in [0.1, 0.15) is 23.1 Å². The van der Waals surface area contributed by atoms with Gasteiger partial charge >= 0.3 is 0 Å². The number of hydrogen-bond donors (Lipinski definition) is 1. The molecule has 0 atom stereocenters. The van der Waals surface area contributed by atoms with Crippen molar-refractivity contribution in [2.45, 2.75) is 26.4 Å². The van der Waals surface area contributed by atoms with Crippen molar-refractivity contribution in [3.05, 3.63) is 34.9 Å². The van der Waals surface area contributed by atoms with Crippen molar-refractivity contribution >= 4 is 11.6 Å². The van der Waals surface area contributed by atoms with Crippen LogP contribution in [0.3, 0.4) is 0 Å². The normalized spacial score (nSPS) is 10.4. The van der Waals surface area contributed by atoms with Crippen LogP contribution in [0.4, 0.5) is 0 Å². The molecule has 1 rings (SSSR count). The first-order valence-electron chi connectivity index (χ1n) is 4.53. The van der Waals surface area contributed by atoms with E-state index in [1.165, 1.54) is 11.1 Å². The largest absolute Gasteiger partial charge is 0.392 e. The molecule has 1 aromatic carbocycles. The van der Waals surface area contributed by atoms with Crippen LogP contribution >= 0.6 is 11.6 Å². The van der Waals surface area contributed by atoms with Gasteiger partial charge in [0.05, 0.1) is 6.61 Å². The lowest BCUT2D eigenvalue weighted by Crippen LogP contribution is -1.95. The molecule has 0 aliphatic rings. The van der Waals surface area contributed by atoms with E-state index < -0.39 is 0 Å². The lowest BCUT2D eigenvalue weighted by Gasteiger charge is -2.08. The van der Waals surface area contributed by atoms with Crippen molar-refractivity contribution in [2.24, 2.45) is 0 Å². The third kappa shape index (κ3) is 2.71. The van der Waals surface area contributed by atoms with E-state index in [0.717, 1.165) is 18.4 Å². The number of halogens is 1. The van der Waals surface area contributed by atoms with Gasteiger partial charge in [-0.05, 0) is 36.5 Å². The molecule has 0 heterocycles. The number of hydrogen-bond acceptors (Lipinski definition) is 1. The topological polar surface area (TPSA) is 20.2 Å². The van der Waals surface area contributed by atoms with Gasteiger partial charge < -0.3 is 5.11 Å². The van der Waals surface area contributed by atoms with Crippen molar-refractivity contribution in [3.8, 4) is 0 Å². The monoisotopic (exact) mass is 198 g/mol. The van der Waals surface area contributed by atoms with Crippen LogP contribution in [0, 0.1) is 6.92 Å². The Labute approximate surface area is 84.4 Å². The first kappa shape index (κ1) is 10.6. The van der Waals surface area contributed by atoms with Gasteiger partial charge in [0.25, 0.3) is 0 Å². The summed E-state index contributed by atoms with van der Waals surface area (Å²) < 4.78 is 0. The third-order valence-electron chi connectivity index (χ3n) is 2.31. The zero-order valence-electron chi connectivity index (χ0n) is 7.89. The molecule has 0 saturated heterocycles. The number of alkyl halides is 1. The molecule has 1 N–H and O–H groups in total. The maximum atomic E-state index is 9.04. The number of aliphatic hydroxyl groups is 1. The highest BCUT2D eigenvalue weighted by Crippen LogP contribution is 2.15. The number of rotatable bonds is 4. The maximum absolute atomic E-state index is 9.04. The predicted molar refractivity (Wildman–Crippen MR) is 56.1 cm³/mol. The number of aryl methyl sites for hydroxylation is 1. The van der Waals surface area contributed by atoms with Crippen LogP contribution in [0.2, 0.25) is 0 Å². The molecule has 0 spiro atoms. The van der Waals surface area contributed by atoms with Gasteiger partial charge in [-0.25, -0.2) is 0 Å². The van der Waals surface area contributed by atoms with Crippen LogP contribution in [-0.2, 0) is 13.0 Å². The summed E-state index contributed by atoms with van der Waals surface area (Å²) in [5.41, 5.74) is 3.52. The van der Waals surface area contributed by atoms with Gasteiger partial charge in [-0.1, -0.05) is 18.2 Å². The van der Waals surface area contributed by atoms with Gasteiger partial charge in [-0.2, -0.15) is 0 Å². The number of benzene rings is 1. The smallest absolute Gasteiger partial charge is 0.0684 e. The first-order chi connectivity index (χ1) is 6.29. The average Bonchev–Trinajstić information content (AvgIpc) is 2.16. The lowest BCUT2D eigenvalue weighted by molar-refractivity contribution is 0.281. The summed E-state index contributed by atoms with van der Waals surface area (Å²) in [5.74, 6) is 0.697. The summed E-state index contributed by atoms with van der Waals surface area (Å²) in [6.07, 6.45) is 2.00. The van der Waals surface area contributed by atoms with Crippen LogP contribution < -0.4 is 0 Å². The van der Waals surface area contributed by atoms with E-state index >= 15 is 0 Å². The second kappa shape index (κ2) is 5.25. The van der Waals surface area contributed by atoms with Crippen molar-refractivity contribution in [1.82, 2.24) is 0 Å². The Morgan fingerprint density at radius 1 is 1.31 bits per heavy atom. The van der Waals surface area contributed by atoms with E-state index in [-0.39, 0.29) is 6.61 Å². The fourth-order valence-corrected chi connectivity index (χ4v) is 1.57. The van der Waals surface area contributed by atoms with Crippen LogP contribution in [0.15, 0.2) is 18.2 Å². The Morgan fingerprint density at radius 3 is 2.62 bits per heavy atom. The molecule has 0 bridgehead atoms. The van der Waals surface area contributed by atoms with Gasteiger partial charge in [0.1, 0.15) is 0 Å². The number of aliphatic hydroxyl groups excluding tert-OH is 1. The maximum Gasteiger partial charge on any atom is 0.0684 e. The molecule has 1 nitrogen and oxygen atoms in total. The highest BCUT2D eigenvalue weighted by atomic mass is 35.5. The molecule has 2 heteroatoms. The lowest BCUT2D eigenvalue weighted by atomic mass is 10.00. The Bertz CT molecular complexity index is 271. The van der Waals surface area contributed by atoms with Gasteiger partial charge in [-0.15, -0.1) is 11.6 Å². The minimum absolute atomic E-state index is 0.126. The van der Waals surface area contributed by atoms with Crippen LogP contribution in [-0.4, -0.2) is 11.0 Å². The Balaban J connectivity index is 2.81. The molecule has 0 amide bonds. The molecule has 0 aromatic heterocycles. The van der Waals surface area contributed by atoms with E-state index in [0.29, 0.717) is 5.88 Å². The molecule has 72 valence electrons. The Morgan fingerprint density at radius 2 is 2.00 bits per heavy atom. The second-order valence-electron chi connectivity index (χ2n) is 3.15. The van der Waals surface area contributed by atoms with Crippen molar-refractivity contribution in [1.29, 1.82) is 0 Å². The van der Waals surface area contributed by atoms with Gasteiger partial charge in [0.15, 0.2) is 0 Å². The molecule has 1 aromatic rings. The van der Waals surface area contributed by atoms with Gasteiger partial charge in [0.2, 0.25) is 0 Å². The summed E-state index contributed by atoms with van der Waals surface area (Å²) in [7, 11) is 0. The zero-order valence-corrected chi connectivity index (χ0v) is 8.64. The van der Waals surface area contributed by atoms with Crippen molar-refractivity contribution in [2.75, 3.05) is 5.88 Å². The van der Waals surface area contributed by atoms with E-state index in [4.69, 9.17) is 16.7 Å². The standard InChI is InChI=1S/C11H15ClO/c1-9-10(6-3-7-12)4-2-5-11(9)8-13/h2,4-5,13H,3,6-8H2,1H3. The highest BCUT2D eigenvalue weighted by molar-refractivity contribution is 6.17. The Hall–Kier alpha value is -0.530. The first-order valence-corrected chi connectivity index (χ1v) is 5.07. The Kier molecular flexibility index (Phi) is 4.26. The van der Waals surface area contributed by atoms with Crippen LogP contribution in [0.5, 0.6) is 0 Å². The summed E-state index contributed by atoms with van der Waals surface area (Å²) in [6.45, 7) is 2.18. The molecule has 0 aliphatic heterocycles. The predicted octanol–water partition coefficient (Wildman–Crippen LogP) is 2.66. The quantitative estimate of drug-likeness (QED) is 0.738. The van der Waals surface area contributed by atoms with E-state index in [1.807, 2.05) is 12.1 Å². The van der Waals surface area contributed by atoms with E-state index in [2.05, 4.69) is 13.0 Å². The van der Waals surface area contributed by atoms with Crippen molar-refractivity contribution < 1.29 is 5.11 Å². The summed E-state index contributed by atoms with van der Waals surface area (Å²) in [4.78, 5) is 0. The molecule has 0 radical (unpaired) electrons.